The van der Waals surface area contributed by atoms with Gasteiger partial charge in [0.2, 0.25) is 0 Å². The second-order valence-electron chi connectivity index (χ2n) is 4.27. The molecular formula is C12H18N2OS2. The van der Waals surface area contributed by atoms with Crippen LogP contribution >= 0.6 is 23.5 Å². The number of rotatable bonds is 3. The summed E-state index contributed by atoms with van der Waals surface area (Å²) in [6.45, 7) is 2.20. The lowest BCUT2D eigenvalue weighted by molar-refractivity contribution is 0.171. The zero-order chi connectivity index (χ0) is 12.3. The summed E-state index contributed by atoms with van der Waals surface area (Å²) in [4.78, 5) is 3.96. The van der Waals surface area contributed by atoms with Crippen LogP contribution in [-0.2, 0) is 6.42 Å². The Balaban J connectivity index is 1.98. The van der Waals surface area contributed by atoms with Crippen molar-refractivity contribution in [2.75, 3.05) is 17.2 Å². The number of aromatic nitrogens is 1. The van der Waals surface area contributed by atoms with E-state index in [1.54, 1.807) is 6.20 Å². The van der Waals surface area contributed by atoms with Gasteiger partial charge in [-0.15, -0.1) is 0 Å². The minimum Gasteiger partial charge on any atom is -0.392 e. The van der Waals surface area contributed by atoms with Gasteiger partial charge < -0.3 is 10.8 Å². The van der Waals surface area contributed by atoms with Gasteiger partial charge in [-0.25, -0.2) is 4.98 Å². The van der Waals surface area contributed by atoms with Gasteiger partial charge in [-0.2, -0.15) is 23.5 Å². The molecule has 1 saturated heterocycles. The maximum Gasteiger partial charge on any atom is 0.123 e. The molecule has 2 rings (SSSR count). The summed E-state index contributed by atoms with van der Waals surface area (Å²) < 4.78 is 0. The van der Waals surface area contributed by atoms with E-state index in [4.69, 9.17) is 5.73 Å². The first-order valence-corrected chi connectivity index (χ1v) is 7.88. The Hall–Kier alpha value is -0.390. The largest absolute Gasteiger partial charge is 0.392 e. The number of thioether (sulfide) groups is 2. The number of nitrogen functional groups attached to an aromatic ring is 1. The van der Waals surface area contributed by atoms with Gasteiger partial charge in [0, 0.05) is 28.2 Å². The van der Waals surface area contributed by atoms with Crippen molar-refractivity contribution in [3.05, 3.63) is 23.9 Å². The van der Waals surface area contributed by atoms with Crippen molar-refractivity contribution in [3.8, 4) is 0 Å². The Morgan fingerprint density at radius 3 is 3.00 bits per heavy atom. The van der Waals surface area contributed by atoms with Crippen LogP contribution in [-0.4, -0.2) is 38.2 Å². The maximum atomic E-state index is 10.3. The second-order valence-corrected chi connectivity index (χ2v) is 7.04. The summed E-state index contributed by atoms with van der Waals surface area (Å²) in [6, 6.07) is 3.76. The third-order valence-electron chi connectivity index (χ3n) is 2.91. The number of aliphatic hydroxyl groups excluding tert-OH is 1. The lowest BCUT2D eigenvalue weighted by Gasteiger charge is -2.31. The number of pyridine rings is 1. The molecule has 0 saturated carbocycles. The van der Waals surface area contributed by atoms with E-state index >= 15 is 0 Å². The molecule has 3 unspecified atom stereocenters. The SMILES string of the molecule is CC1SCCSC1C(O)Cc1ccnc(N)c1. The smallest absolute Gasteiger partial charge is 0.123 e. The van der Waals surface area contributed by atoms with Crippen LogP contribution in [0.1, 0.15) is 12.5 Å². The number of hydrogen-bond acceptors (Lipinski definition) is 5. The van der Waals surface area contributed by atoms with Crippen LogP contribution in [0.5, 0.6) is 0 Å². The van der Waals surface area contributed by atoms with Crippen LogP contribution in [0.4, 0.5) is 5.82 Å². The van der Waals surface area contributed by atoms with E-state index in [0.717, 1.165) is 11.3 Å². The Bertz CT molecular complexity index is 375. The topological polar surface area (TPSA) is 59.1 Å². The predicted molar refractivity (Wildman–Crippen MR) is 76.5 cm³/mol. The van der Waals surface area contributed by atoms with Crippen molar-refractivity contribution < 1.29 is 5.11 Å². The lowest BCUT2D eigenvalue weighted by Crippen LogP contribution is -2.36. The van der Waals surface area contributed by atoms with Gasteiger partial charge in [-0.1, -0.05) is 6.92 Å². The van der Waals surface area contributed by atoms with Gasteiger partial charge in [0.05, 0.1) is 6.10 Å². The van der Waals surface area contributed by atoms with Crippen LogP contribution in [0.15, 0.2) is 18.3 Å². The molecule has 3 nitrogen and oxygen atoms in total. The van der Waals surface area contributed by atoms with Crippen molar-refractivity contribution >= 4 is 29.3 Å². The third-order valence-corrected chi connectivity index (χ3v) is 6.14. The number of nitrogens with zero attached hydrogens (tertiary/aromatic N) is 1. The summed E-state index contributed by atoms with van der Waals surface area (Å²) in [5, 5.41) is 11.1. The Morgan fingerprint density at radius 1 is 1.53 bits per heavy atom. The highest BCUT2D eigenvalue weighted by molar-refractivity contribution is 8.07. The van der Waals surface area contributed by atoms with Crippen LogP contribution in [0.2, 0.25) is 0 Å². The van der Waals surface area contributed by atoms with Crippen LogP contribution in [0.3, 0.4) is 0 Å². The molecule has 1 aromatic rings. The standard InChI is InChI=1S/C12H18N2OS2/c1-8-12(17-5-4-16-8)10(15)6-9-2-3-14-11(13)7-9/h2-3,7-8,10,12,15H,4-6H2,1H3,(H2,13,14). The van der Waals surface area contributed by atoms with Crippen LogP contribution in [0.25, 0.3) is 0 Å². The highest BCUT2D eigenvalue weighted by Crippen LogP contribution is 2.33. The molecule has 0 aliphatic carbocycles. The zero-order valence-corrected chi connectivity index (χ0v) is 11.5. The van der Waals surface area contributed by atoms with Crippen LogP contribution in [0, 0.1) is 0 Å². The average molecular weight is 270 g/mol. The molecule has 17 heavy (non-hydrogen) atoms. The first-order valence-electron chi connectivity index (χ1n) is 5.78. The maximum absolute atomic E-state index is 10.3. The van der Waals surface area contributed by atoms with Crippen molar-refractivity contribution in [2.24, 2.45) is 0 Å². The molecule has 5 heteroatoms. The van der Waals surface area contributed by atoms with E-state index in [-0.39, 0.29) is 6.10 Å². The fourth-order valence-corrected chi connectivity index (χ4v) is 4.90. The summed E-state index contributed by atoms with van der Waals surface area (Å²) in [5.41, 5.74) is 6.70. The molecule has 1 aliphatic rings. The Morgan fingerprint density at radius 2 is 2.29 bits per heavy atom. The van der Waals surface area contributed by atoms with E-state index in [9.17, 15) is 5.11 Å². The molecule has 2 heterocycles. The number of aliphatic hydroxyl groups is 1. The van der Waals surface area contributed by atoms with E-state index < -0.39 is 0 Å². The normalized spacial score (nSPS) is 26.7. The number of nitrogens with two attached hydrogens (primary N) is 1. The summed E-state index contributed by atoms with van der Waals surface area (Å²) in [6.07, 6.45) is 2.06. The van der Waals surface area contributed by atoms with Gasteiger partial charge >= 0.3 is 0 Å². The molecule has 0 aromatic carbocycles. The molecule has 0 bridgehead atoms. The highest BCUT2D eigenvalue weighted by atomic mass is 32.2. The highest BCUT2D eigenvalue weighted by Gasteiger charge is 2.29. The molecule has 1 aromatic heterocycles. The molecule has 3 atom stereocenters. The van der Waals surface area contributed by atoms with Gasteiger partial charge in [0.15, 0.2) is 0 Å². The first-order chi connectivity index (χ1) is 8.16. The first kappa shape index (κ1) is 13.1. The van der Waals surface area contributed by atoms with Crippen molar-refractivity contribution in [3.63, 3.8) is 0 Å². The molecular weight excluding hydrogens is 252 g/mol. The molecule has 0 radical (unpaired) electrons. The third kappa shape index (κ3) is 3.53. The van der Waals surface area contributed by atoms with E-state index in [2.05, 4.69) is 11.9 Å². The summed E-state index contributed by atoms with van der Waals surface area (Å²) in [7, 11) is 0. The predicted octanol–water partition coefficient (Wildman–Crippen LogP) is 1.80. The Labute approximate surface area is 111 Å². The average Bonchev–Trinajstić information content (AvgIpc) is 2.29. The van der Waals surface area contributed by atoms with Gasteiger partial charge in [0.1, 0.15) is 5.82 Å². The van der Waals surface area contributed by atoms with Gasteiger partial charge in [-0.3, -0.25) is 0 Å². The zero-order valence-electron chi connectivity index (χ0n) is 9.87. The lowest BCUT2D eigenvalue weighted by atomic mass is 10.0. The molecule has 0 amide bonds. The quantitative estimate of drug-likeness (QED) is 0.877. The molecule has 94 valence electrons. The molecule has 1 aliphatic heterocycles. The molecule has 0 spiro atoms. The fraction of sp³-hybridized carbons (Fsp3) is 0.583. The molecule has 3 N–H and O–H groups in total. The van der Waals surface area contributed by atoms with Gasteiger partial charge in [-0.05, 0) is 24.1 Å². The van der Waals surface area contributed by atoms with E-state index in [0.29, 0.717) is 22.7 Å². The second kappa shape index (κ2) is 5.98. The molecule has 1 fully saturated rings. The van der Waals surface area contributed by atoms with Crippen molar-refractivity contribution in [1.29, 1.82) is 0 Å². The van der Waals surface area contributed by atoms with Crippen molar-refractivity contribution in [2.45, 2.75) is 29.9 Å². The van der Waals surface area contributed by atoms with E-state index in [1.165, 1.54) is 5.75 Å². The van der Waals surface area contributed by atoms with Crippen molar-refractivity contribution in [1.82, 2.24) is 4.98 Å². The minimum atomic E-state index is -0.301. The summed E-state index contributed by atoms with van der Waals surface area (Å²) >= 11 is 3.84. The van der Waals surface area contributed by atoms with Crippen LogP contribution < -0.4 is 5.73 Å². The monoisotopic (exact) mass is 270 g/mol. The summed E-state index contributed by atoms with van der Waals surface area (Å²) in [5.74, 6) is 2.85. The minimum absolute atomic E-state index is 0.301. The van der Waals surface area contributed by atoms with Gasteiger partial charge in [0.25, 0.3) is 0 Å². The Kier molecular flexibility index (Phi) is 4.59. The van der Waals surface area contributed by atoms with E-state index in [1.807, 2.05) is 35.7 Å². The number of hydrogen-bond donors (Lipinski definition) is 2. The fourth-order valence-electron chi connectivity index (χ4n) is 2.05. The number of anilines is 1.